The number of carbonyl (C=O) groups is 1. The number of benzene rings is 1. The summed E-state index contributed by atoms with van der Waals surface area (Å²) < 4.78 is 7.01. The Morgan fingerprint density at radius 1 is 1.38 bits per heavy atom. The zero-order valence-electron chi connectivity index (χ0n) is 16.1. The fourth-order valence-corrected chi connectivity index (χ4v) is 5.32. The summed E-state index contributed by atoms with van der Waals surface area (Å²) in [4.78, 5) is 23.4. The molecule has 3 N–H and O–H groups in total. The quantitative estimate of drug-likeness (QED) is 0.384. The van der Waals surface area contributed by atoms with E-state index in [4.69, 9.17) is 10.5 Å². The summed E-state index contributed by atoms with van der Waals surface area (Å²) in [6, 6.07) is 7.45. The molecule has 1 unspecified atom stereocenters. The summed E-state index contributed by atoms with van der Waals surface area (Å²) in [5.41, 5.74) is 8.08. The van der Waals surface area contributed by atoms with Crippen LogP contribution in [0.4, 0.5) is 11.5 Å². The van der Waals surface area contributed by atoms with Crippen molar-refractivity contribution < 1.29 is 9.53 Å². The molecule has 0 spiro atoms. The minimum atomic E-state index is -0.175. The van der Waals surface area contributed by atoms with Crippen LogP contribution in [0.2, 0.25) is 0 Å². The predicted octanol–water partition coefficient (Wildman–Crippen LogP) is 5.01. The number of nitrogens with two attached hydrogens (primary N) is 1. The van der Waals surface area contributed by atoms with Gasteiger partial charge in [-0.25, -0.2) is 9.97 Å². The normalized spacial score (nSPS) is 18.6. The van der Waals surface area contributed by atoms with Crippen LogP contribution in [0.1, 0.15) is 30.7 Å². The van der Waals surface area contributed by atoms with E-state index in [1.807, 2.05) is 24.3 Å². The first kappa shape index (κ1) is 20.6. The topological polar surface area (TPSA) is 90.1 Å². The molecular formula is C20H21BrN4O2S2. The largest absolute Gasteiger partial charge is 0.383 e. The third-order valence-corrected chi connectivity index (χ3v) is 7.53. The van der Waals surface area contributed by atoms with Gasteiger partial charge in [0.05, 0.1) is 23.3 Å². The highest BCUT2D eigenvalue weighted by Crippen LogP contribution is 2.41. The van der Waals surface area contributed by atoms with E-state index in [2.05, 4.69) is 45.1 Å². The molecule has 1 amide bonds. The Hall–Kier alpha value is -1.68. The monoisotopic (exact) mass is 492 g/mol. The summed E-state index contributed by atoms with van der Waals surface area (Å²) in [6.07, 6.45) is 1.75. The maximum absolute atomic E-state index is 12.2. The molecule has 0 fully saturated rings. The van der Waals surface area contributed by atoms with Gasteiger partial charge in [0.15, 0.2) is 5.16 Å². The Balaban J connectivity index is 1.49. The van der Waals surface area contributed by atoms with E-state index in [1.54, 1.807) is 11.3 Å². The minimum absolute atomic E-state index is 0.114. The summed E-state index contributed by atoms with van der Waals surface area (Å²) in [5.74, 6) is 0.573. The molecule has 1 atom stereocenters. The number of rotatable bonds is 5. The van der Waals surface area contributed by atoms with Gasteiger partial charge in [0.2, 0.25) is 5.91 Å². The maximum Gasteiger partial charge on any atom is 0.234 e. The van der Waals surface area contributed by atoms with Gasteiger partial charge in [0.25, 0.3) is 0 Å². The number of amides is 1. The van der Waals surface area contributed by atoms with Crippen molar-refractivity contribution in [3.05, 3.63) is 39.2 Å². The number of carbonyl (C=O) groups excluding carboxylic acids is 1. The lowest BCUT2D eigenvalue weighted by Crippen LogP contribution is -2.33. The Kier molecular flexibility index (Phi) is 5.83. The molecule has 3 heterocycles. The minimum Gasteiger partial charge on any atom is -0.383 e. The van der Waals surface area contributed by atoms with Crippen molar-refractivity contribution >= 4 is 66.7 Å². The first-order valence-corrected chi connectivity index (χ1v) is 11.9. The van der Waals surface area contributed by atoms with Crippen molar-refractivity contribution in [3.8, 4) is 0 Å². The van der Waals surface area contributed by atoms with Gasteiger partial charge < -0.3 is 15.8 Å². The van der Waals surface area contributed by atoms with Crippen molar-refractivity contribution in [1.82, 2.24) is 9.97 Å². The Morgan fingerprint density at radius 3 is 2.86 bits per heavy atom. The molecule has 1 aliphatic heterocycles. The second-order valence-corrected chi connectivity index (χ2v) is 10.1. The van der Waals surface area contributed by atoms with Crippen molar-refractivity contribution in [1.29, 1.82) is 0 Å². The molecule has 3 aromatic rings. The van der Waals surface area contributed by atoms with Crippen LogP contribution in [0.25, 0.3) is 10.2 Å². The molecule has 0 saturated heterocycles. The first-order chi connectivity index (χ1) is 13.9. The van der Waals surface area contributed by atoms with Crippen LogP contribution in [0.5, 0.6) is 0 Å². The van der Waals surface area contributed by atoms with Crippen molar-refractivity contribution in [2.45, 2.75) is 44.1 Å². The smallest absolute Gasteiger partial charge is 0.234 e. The van der Waals surface area contributed by atoms with E-state index in [0.717, 1.165) is 33.2 Å². The molecule has 0 saturated carbocycles. The van der Waals surface area contributed by atoms with Crippen LogP contribution >= 0.6 is 39.0 Å². The highest BCUT2D eigenvalue weighted by Gasteiger charge is 2.33. The zero-order valence-corrected chi connectivity index (χ0v) is 19.3. The van der Waals surface area contributed by atoms with Crippen LogP contribution in [0, 0.1) is 0 Å². The van der Waals surface area contributed by atoms with Gasteiger partial charge in [0, 0.05) is 21.5 Å². The van der Waals surface area contributed by atoms with E-state index in [0.29, 0.717) is 17.6 Å². The lowest BCUT2D eigenvalue weighted by atomic mass is 9.90. The zero-order chi connectivity index (χ0) is 20.6. The fourth-order valence-electron chi connectivity index (χ4n) is 3.23. The van der Waals surface area contributed by atoms with Gasteiger partial charge in [0.1, 0.15) is 10.6 Å². The van der Waals surface area contributed by atoms with Gasteiger partial charge in [-0.3, -0.25) is 4.79 Å². The fraction of sp³-hybridized carbons (Fsp3) is 0.350. The molecule has 4 rings (SSSR count). The van der Waals surface area contributed by atoms with E-state index in [1.165, 1.54) is 22.2 Å². The van der Waals surface area contributed by atoms with Gasteiger partial charge >= 0.3 is 0 Å². The molecule has 152 valence electrons. The van der Waals surface area contributed by atoms with Gasteiger partial charge in [-0.1, -0.05) is 34.6 Å². The number of thioether (sulfide) groups is 1. The molecule has 29 heavy (non-hydrogen) atoms. The van der Waals surface area contributed by atoms with Crippen LogP contribution in [0.3, 0.4) is 0 Å². The highest BCUT2D eigenvalue weighted by atomic mass is 79.9. The van der Waals surface area contributed by atoms with E-state index < -0.39 is 0 Å². The maximum atomic E-state index is 12.2. The SMILES string of the molecule is CCC1(C)Cc2c(sc3nc(SCC(=O)Nc4ccc(Br)cc4)nc(N)c23)CO1. The average Bonchev–Trinajstić information content (AvgIpc) is 3.06. The van der Waals surface area contributed by atoms with Crippen LogP contribution in [-0.4, -0.2) is 27.2 Å². The van der Waals surface area contributed by atoms with E-state index in [9.17, 15) is 4.79 Å². The molecule has 6 nitrogen and oxygen atoms in total. The van der Waals surface area contributed by atoms with Crippen LogP contribution in [0.15, 0.2) is 33.9 Å². The molecule has 2 aromatic heterocycles. The third-order valence-electron chi connectivity index (χ3n) is 5.05. The standard InChI is InChI=1S/C20H21BrN4O2S2/c1-3-20(2)8-13-14(9-27-20)29-18-16(13)17(22)24-19(25-18)28-10-15(26)23-12-6-4-11(21)5-7-12/h4-7H,3,8-10H2,1-2H3,(H,23,26)(H2,22,24,25). The molecule has 0 aliphatic carbocycles. The molecule has 0 bridgehead atoms. The Labute approximate surface area is 185 Å². The Bertz CT molecular complexity index is 1070. The van der Waals surface area contributed by atoms with Gasteiger partial charge in [-0.2, -0.15) is 0 Å². The number of halogens is 1. The molecule has 1 aliphatic rings. The molecule has 0 radical (unpaired) electrons. The van der Waals surface area contributed by atoms with Gasteiger partial charge in [-0.15, -0.1) is 11.3 Å². The molecular weight excluding hydrogens is 472 g/mol. The number of thiophene rings is 1. The summed E-state index contributed by atoms with van der Waals surface area (Å²) in [7, 11) is 0. The number of nitrogen functional groups attached to an aromatic ring is 1. The number of nitrogens with zero attached hydrogens (tertiary/aromatic N) is 2. The number of fused-ring (bicyclic) bond motifs is 3. The second-order valence-electron chi connectivity index (χ2n) is 7.19. The number of anilines is 2. The van der Waals surface area contributed by atoms with E-state index >= 15 is 0 Å². The predicted molar refractivity (Wildman–Crippen MR) is 123 cm³/mol. The number of hydrogen-bond acceptors (Lipinski definition) is 7. The van der Waals surface area contributed by atoms with Crippen molar-refractivity contribution in [2.24, 2.45) is 0 Å². The second kappa shape index (κ2) is 8.22. The number of ether oxygens (including phenoxy) is 1. The number of hydrogen-bond donors (Lipinski definition) is 2. The molecule has 1 aromatic carbocycles. The third kappa shape index (κ3) is 4.42. The van der Waals surface area contributed by atoms with Crippen molar-refractivity contribution in [2.75, 3.05) is 16.8 Å². The number of nitrogens with one attached hydrogen (secondary N) is 1. The summed E-state index contributed by atoms with van der Waals surface area (Å²) >= 11 is 6.26. The first-order valence-electron chi connectivity index (χ1n) is 9.27. The van der Waals surface area contributed by atoms with Gasteiger partial charge in [-0.05, 0) is 43.2 Å². The van der Waals surface area contributed by atoms with Crippen molar-refractivity contribution in [3.63, 3.8) is 0 Å². The summed E-state index contributed by atoms with van der Waals surface area (Å²) in [5, 5.41) is 4.32. The van der Waals surface area contributed by atoms with Crippen LogP contribution in [-0.2, 0) is 22.6 Å². The lowest BCUT2D eigenvalue weighted by molar-refractivity contribution is -0.113. The summed E-state index contributed by atoms with van der Waals surface area (Å²) in [6.45, 7) is 4.84. The van der Waals surface area contributed by atoms with E-state index in [-0.39, 0.29) is 17.3 Å². The highest BCUT2D eigenvalue weighted by molar-refractivity contribution is 9.10. The average molecular weight is 493 g/mol. The lowest BCUT2D eigenvalue weighted by Gasteiger charge is -2.33. The Morgan fingerprint density at radius 2 is 2.14 bits per heavy atom. The van der Waals surface area contributed by atoms with Crippen LogP contribution < -0.4 is 11.1 Å². The molecule has 9 heteroatoms. The number of aromatic nitrogens is 2.